The van der Waals surface area contributed by atoms with E-state index < -0.39 is 0 Å². The van der Waals surface area contributed by atoms with Crippen molar-refractivity contribution in [3.63, 3.8) is 0 Å². The first-order valence-corrected chi connectivity index (χ1v) is 9.55. The summed E-state index contributed by atoms with van der Waals surface area (Å²) in [5.41, 5.74) is 1.02. The topological polar surface area (TPSA) is 18.5 Å². The van der Waals surface area contributed by atoms with Crippen LogP contribution in [0.4, 0.5) is 0 Å². The lowest BCUT2D eigenvalue weighted by atomic mass is 9.75. The van der Waals surface area contributed by atoms with Gasteiger partial charge in [0.25, 0.3) is 0 Å². The minimum absolute atomic E-state index is 0.0650. The molecule has 2 saturated heterocycles. The highest BCUT2D eigenvalue weighted by atomic mass is 127. The normalized spacial score (nSPS) is 38.4. The van der Waals surface area contributed by atoms with Crippen LogP contribution in [0.1, 0.15) is 39.2 Å². The van der Waals surface area contributed by atoms with Gasteiger partial charge in [0.15, 0.2) is 0 Å². The van der Waals surface area contributed by atoms with Crippen molar-refractivity contribution in [3.05, 3.63) is 33.4 Å². The second kappa shape index (κ2) is 5.77. The second-order valence-corrected chi connectivity index (χ2v) is 9.18. The van der Waals surface area contributed by atoms with Crippen LogP contribution in [-0.2, 0) is 16.1 Å². The highest BCUT2D eigenvalue weighted by molar-refractivity contribution is 14.1. The zero-order valence-electron chi connectivity index (χ0n) is 12.7. The smallest absolute Gasteiger partial charge is 0.0936 e. The molecule has 3 rings (SSSR count). The molecule has 116 valence electrons. The summed E-state index contributed by atoms with van der Waals surface area (Å²) in [5.74, 6) is 0.495. The number of alkyl halides is 1. The maximum absolute atomic E-state index is 6.47. The van der Waals surface area contributed by atoms with Crippen LogP contribution in [0, 0.1) is 9.49 Å². The van der Waals surface area contributed by atoms with Gasteiger partial charge < -0.3 is 9.47 Å². The average Bonchev–Trinajstić information content (AvgIpc) is 2.84. The van der Waals surface area contributed by atoms with Crippen LogP contribution in [0.2, 0.25) is 0 Å². The standard InChI is InChI=1S/C17H22BrIO2/c1-11(2)17-9-15(16(3,21-17)8-14(17)18)20-10-12-5-4-6-13(19)7-12/h4-7,11,14-15H,8-10H2,1-3H3/t14-,15+,16-,17+/m0/s1. The number of fused-ring (bicyclic) bond motifs is 2. The highest BCUT2D eigenvalue weighted by Gasteiger charge is 2.65. The molecule has 4 atom stereocenters. The summed E-state index contributed by atoms with van der Waals surface area (Å²) in [5, 5.41) is 0. The van der Waals surface area contributed by atoms with E-state index in [2.05, 4.69) is 83.6 Å². The van der Waals surface area contributed by atoms with Gasteiger partial charge in [-0.15, -0.1) is 0 Å². The van der Waals surface area contributed by atoms with Crippen LogP contribution in [-0.4, -0.2) is 22.1 Å². The number of hydrogen-bond acceptors (Lipinski definition) is 2. The monoisotopic (exact) mass is 464 g/mol. The Bertz CT molecular complexity index is 535. The summed E-state index contributed by atoms with van der Waals surface area (Å²) in [4.78, 5) is 0.438. The van der Waals surface area contributed by atoms with Crippen LogP contribution >= 0.6 is 38.5 Å². The van der Waals surface area contributed by atoms with Gasteiger partial charge in [-0.05, 0) is 59.5 Å². The molecule has 2 heterocycles. The number of ether oxygens (including phenoxy) is 2. The Morgan fingerprint density at radius 2 is 2.19 bits per heavy atom. The van der Waals surface area contributed by atoms with Crippen molar-refractivity contribution in [1.82, 2.24) is 0 Å². The zero-order chi connectivity index (χ0) is 15.3. The minimum atomic E-state index is -0.152. The first kappa shape index (κ1) is 16.2. The molecule has 2 aliphatic rings. The lowest BCUT2D eigenvalue weighted by molar-refractivity contribution is -0.0955. The van der Waals surface area contributed by atoms with Crippen LogP contribution < -0.4 is 0 Å². The van der Waals surface area contributed by atoms with Gasteiger partial charge in [0.1, 0.15) is 0 Å². The Hall–Kier alpha value is 0.350. The van der Waals surface area contributed by atoms with Crippen LogP contribution in [0.5, 0.6) is 0 Å². The van der Waals surface area contributed by atoms with E-state index in [9.17, 15) is 0 Å². The van der Waals surface area contributed by atoms with E-state index in [1.807, 2.05) is 0 Å². The Balaban J connectivity index is 1.71. The minimum Gasteiger partial charge on any atom is -0.370 e. The van der Waals surface area contributed by atoms with Crippen molar-refractivity contribution < 1.29 is 9.47 Å². The summed E-state index contributed by atoms with van der Waals surface area (Å²) in [6, 6.07) is 8.51. The Morgan fingerprint density at radius 3 is 2.81 bits per heavy atom. The first-order valence-electron chi connectivity index (χ1n) is 7.56. The van der Waals surface area contributed by atoms with E-state index in [-0.39, 0.29) is 17.3 Å². The summed E-state index contributed by atoms with van der Waals surface area (Å²) in [6.07, 6.45) is 2.20. The third-order valence-electron chi connectivity index (χ3n) is 5.04. The van der Waals surface area contributed by atoms with E-state index >= 15 is 0 Å². The molecule has 4 heteroatoms. The molecule has 0 saturated carbocycles. The Morgan fingerprint density at radius 1 is 1.43 bits per heavy atom. The van der Waals surface area contributed by atoms with Crippen LogP contribution in [0.3, 0.4) is 0 Å². The van der Waals surface area contributed by atoms with Gasteiger partial charge in [-0.1, -0.05) is 41.9 Å². The quantitative estimate of drug-likeness (QED) is 0.465. The molecule has 0 aromatic heterocycles. The summed E-state index contributed by atoms with van der Waals surface area (Å²) in [7, 11) is 0. The molecule has 2 aliphatic heterocycles. The van der Waals surface area contributed by atoms with Gasteiger partial charge in [0.05, 0.1) is 23.9 Å². The Labute approximate surface area is 149 Å². The maximum atomic E-state index is 6.47. The first-order chi connectivity index (χ1) is 9.86. The fourth-order valence-electron chi connectivity index (χ4n) is 3.71. The molecule has 2 bridgehead atoms. The summed E-state index contributed by atoms with van der Waals surface area (Å²) < 4.78 is 14.0. The lowest BCUT2D eigenvalue weighted by Crippen LogP contribution is -2.44. The maximum Gasteiger partial charge on any atom is 0.0936 e. The SMILES string of the molecule is CC(C)[C@]12C[C@@H](OCc3cccc(I)c3)[C@](C)(C[C@@H]1Br)O2. The number of halogens is 2. The van der Waals surface area contributed by atoms with Gasteiger partial charge in [0, 0.05) is 14.8 Å². The van der Waals surface area contributed by atoms with Gasteiger partial charge in [-0.25, -0.2) is 0 Å². The summed E-state index contributed by atoms with van der Waals surface area (Å²) in [6.45, 7) is 7.38. The molecule has 0 spiro atoms. The zero-order valence-corrected chi connectivity index (χ0v) is 16.5. The predicted octanol–water partition coefficient (Wildman–Crippen LogP) is 4.92. The van der Waals surface area contributed by atoms with Crippen LogP contribution in [0.25, 0.3) is 0 Å². The van der Waals surface area contributed by atoms with Crippen LogP contribution in [0.15, 0.2) is 24.3 Å². The van der Waals surface area contributed by atoms with Gasteiger partial charge in [-0.3, -0.25) is 0 Å². The molecule has 2 nitrogen and oxygen atoms in total. The van der Waals surface area contributed by atoms with Crippen molar-refractivity contribution in [2.75, 3.05) is 0 Å². The third kappa shape index (κ3) is 2.81. The second-order valence-electron chi connectivity index (χ2n) is 6.83. The molecule has 0 unspecified atom stereocenters. The van der Waals surface area contributed by atoms with Crippen molar-refractivity contribution in [3.8, 4) is 0 Å². The number of benzene rings is 1. The van der Waals surface area contributed by atoms with E-state index in [1.165, 1.54) is 9.13 Å². The predicted molar refractivity (Wildman–Crippen MR) is 96.7 cm³/mol. The van der Waals surface area contributed by atoms with Crippen molar-refractivity contribution >= 4 is 38.5 Å². The average molecular weight is 465 g/mol. The summed E-state index contributed by atoms with van der Waals surface area (Å²) >= 11 is 6.18. The molecular formula is C17H22BrIO2. The van der Waals surface area contributed by atoms with E-state index in [0.717, 1.165) is 12.8 Å². The van der Waals surface area contributed by atoms with E-state index in [0.29, 0.717) is 17.4 Å². The molecule has 0 aliphatic carbocycles. The molecule has 2 fully saturated rings. The van der Waals surface area contributed by atoms with Crippen molar-refractivity contribution in [1.29, 1.82) is 0 Å². The molecule has 1 aromatic carbocycles. The molecule has 1 aromatic rings. The fraction of sp³-hybridized carbons (Fsp3) is 0.647. The lowest BCUT2D eigenvalue weighted by Gasteiger charge is -2.35. The number of hydrogen-bond donors (Lipinski definition) is 0. The van der Waals surface area contributed by atoms with E-state index in [1.54, 1.807) is 0 Å². The molecule has 0 N–H and O–H groups in total. The van der Waals surface area contributed by atoms with Gasteiger partial charge in [-0.2, -0.15) is 0 Å². The largest absolute Gasteiger partial charge is 0.370 e. The highest BCUT2D eigenvalue weighted by Crippen LogP contribution is 2.57. The Kier molecular flexibility index (Phi) is 4.45. The van der Waals surface area contributed by atoms with Gasteiger partial charge in [0.2, 0.25) is 0 Å². The molecule has 0 radical (unpaired) electrons. The van der Waals surface area contributed by atoms with Crippen molar-refractivity contribution in [2.45, 2.75) is 62.4 Å². The third-order valence-corrected chi connectivity index (χ3v) is 6.81. The number of rotatable bonds is 4. The molecular weight excluding hydrogens is 443 g/mol. The molecule has 0 amide bonds. The molecule has 21 heavy (non-hydrogen) atoms. The van der Waals surface area contributed by atoms with Gasteiger partial charge >= 0.3 is 0 Å². The fourth-order valence-corrected chi connectivity index (χ4v) is 5.77. The van der Waals surface area contributed by atoms with Crippen molar-refractivity contribution in [2.24, 2.45) is 5.92 Å². The van der Waals surface area contributed by atoms with E-state index in [4.69, 9.17) is 9.47 Å².